The van der Waals surface area contributed by atoms with Crippen LogP contribution in [0.4, 0.5) is 4.79 Å². The molecule has 3 atom stereocenters. The molecule has 6 heteroatoms. The smallest absolute Gasteiger partial charge is 0.322 e. The minimum atomic E-state index is -0.817. The summed E-state index contributed by atoms with van der Waals surface area (Å²) >= 11 is 0. The van der Waals surface area contributed by atoms with Crippen LogP contribution in [0.3, 0.4) is 0 Å². The topological polar surface area (TPSA) is 64.7 Å². The van der Waals surface area contributed by atoms with Crippen LogP contribution in [-0.2, 0) is 10.2 Å². The molecule has 5 heterocycles. The minimum absolute atomic E-state index is 0.124. The first kappa shape index (κ1) is 13.5. The number of nitrogens with one attached hydrogen (secondary N) is 2. The second kappa shape index (κ2) is 4.33. The summed E-state index contributed by atoms with van der Waals surface area (Å²) in [5.41, 5.74) is -0.0519. The number of benzene rings is 1. The highest BCUT2D eigenvalue weighted by Gasteiger charge is 2.70. The van der Waals surface area contributed by atoms with E-state index >= 15 is 0 Å². The lowest BCUT2D eigenvalue weighted by molar-refractivity contribution is -0.137. The Morgan fingerprint density at radius 2 is 1.65 bits per heavy atom. The average Bonchev–Trinajstić information content (AvgIpc) is 2.69. The van der Waals surface area contributed by atoms with Crippen molar-refractivity contribution < 1.29 is 9.59 Å². The molecular formula is C17H20N4O2. The summed E-state index contributed by atoms with van der Waals surface area (Å²) in [6.45, 7) is 5.46. The van der Waals surface area contributed by atoms with E-state index in [4.69, 9.17) is 0 Å². The van der Waals surface area contributed by atoms with Gasteiger partial charge in [-0.25, -0.2) is 4.79 Å². The maximum atomic E-state index is 13.0. The highest BCUT2D eigenvalue weighted by Crippen LogP contribution is 2.51. The van der Waals surface area contributed by atoms with Crippen molar-refractivity contribution in [3.05, 3.63) is 35.9 Å². The Bertz CT molecular complexity index is 675. The zero-order valence-electron chi connectivity index (χ0n) is 12.9. The van der Waals surface area contributed by atoms with Crippen LogP contribution in [0, 0.1) is 5.92 Å². The predicted octanol–water partition coefficient (Wildman–Crippen LogP) is -0.236. The van der Waals surface area contributed by atoms with E-state index in [0.29, 0.717) is 0 Å². The SMILES string of the molecule is O=C1NC(=O)[C@]2(N1)C1CN3CCN(C1)CC2(c1ccccc1)C3. The van der Waals surface area contributed by atoms with E-state index in [1.165, 1.54) is 0 Å². The highest BCUT2D eigenvalue weighted by molar-refractivity contribution is 6.08. The number of urea groups is 1. The van der Waals surface area contributed by atoms with Crippen molar-refractivity contribution in [2.24, 2.45) is 5.92 Å². The monoisotopic (exact) mass is 312 g/mol. The van der Waals surface area contributed by atoms with Gasteiger partial charge in [0.25, 0.3) is 5.91 Å². The van der Waals surface area contributed by atoms with Gasteiger partial charge in [0.15, 0.2) is 0 Å². The normalized spacial score (nSPS) is 44.3. The molecule has 6 nitrogen and oxygen atoms in total. The Labute approximate surface area is 134 Å². The lowest BCUT2D eigenvalue weighted by Crippen LogP contribution is -2.79. The van der Waals surface area contributed by atoms with Crippen LogP contribution in [0.15, 0.2) is 30.3 Å². The van der Waals surface area contributed by atoms with Gasteiger partial charge in [0.2, 0.25) is 0 Å². The van der Waals surface area contributed by atoms with Gasteiger partial charge in [0, 0.05) is 45.2 Å². The first-order valence-corrected chi connectivity index (χ1v) is 8.28. The van der Waals surface area contributed by atoms with Crippen LogP contribution in [0.1, 0.15) is 5.56 Å². The minimum Gasteiger partial charge on any atom is -0.322 e. The van der Waals surface area contributed by atoms with Crippen LogP contribution >= 0.6 is 0 Å². The molecule has 0 aliphatic carbocycles. The Balaban J connectivity index is 1.76. The highest BCUT2D eigenvalue weighted by atomic mass is 16.2. The molecule has 1 aromatic rings. The molecule has 2 unspecified atom stereocenters. The number of hydrogen-bond donors (Lipinski definition) is 2. The van der Waals surface area contributed by atoms with Crippen molar-refractivity contribution in [3.63, 3.8) is 0 Å². The quantitative estimate of drug-likeness (QED) is 0.703. The standard InChI is InChI=1S/C17H20N4O2/c22-14-17(19-15(23)18-14)13-8-20-6-7-21(9-13)11-16(17,10-20)12-4-2-1-3-5-12/h1-5,13H,6-11H2,(H2,18,19,22,23)/t13?,16?,17-/m1/s1. The zero-order chi connectivity index (χ0) is 15.7. The molecule has 6 rings (SSSR count). The largest absolute Gasteiger partial charge is 0.322 e. The number of piperidine rings is 2. The number of imide groups is 1. The fourth-order valence-corrected chi connectivity index (χ4v) is 5.42. The van der Waals surface area contributed by atoms with Crippen molar-refractivity contribution in [2.45, 2.75) is 11.0 Å². The molecule has 2 N–H and O–H groups in total. The zero-order valence-corrected chi connectivity index (χ0v) is 12.9. The third-order valence-electron chi connectivity index (χ3n) is 6.27. The van der Waals surface area contributed by atoms with Gasteiger partial charge in [0.05, 0.1) is 5.41 Å². The van der Waals surface area contributed by atoms with E-state index in [1.807, 2.05) is 18.2 Å². The molecule has 4 bridgehead atoms. The molecule has 1 aromatic carbocycles. The van der Waals surface area contributed by atoms with Gasteiger partial charge in [-0.1, -0.05) is 30.3 Å². The third kappa shape index (κ3) is 1.55. The summed E-state index contributed by atoms with van der Waals surface area (Å²) in [5, 5.41) is 5.60. The summed E-state index contributed by atoms with van der Waals surface area (Å²) in [7, 11) is 0. The molecular weight excluding hydrogens is 292 g/mol. The molecule has 120 valence electrons. The molecule has 0 radical (unpaired) electrons. The second-order valence-electron chi connectivity index (χ2n) is 7.33. The van der Waals surface area contributed by atoms with E-state index in [9.17, 15) is 9.59 Å². The fourth-order valence-electron chi connectivity index (χ4n) is 5.42. The van der Waals surface area contributed by atoms with E-state index in [2.05, 4.69) is 32.6 Å². The van der Waals surface area contributed by atoms with E-state index in [1.54, 1.807) is 0 Å². The number of nitrogens with zero attached hydrogens (tertiary/aromatic N) is 2. The molecule has 5 fully saturated rings. The van der Waals surface area contributed by atoms with Crippen LogP contribution < -0.4 is 10.6 Å². The van der Waals surface area contributed by atoms with E-state index in [-0.39, 0.29) is 23.3 Å². The molecule has 3 amide bonds. The van der Waals surface area contributed by atoms with Crippen LogP contribution in [0.25, 0.3) is 0 Å². The van der Waals surface area contributed by atoms with Gasteiger partial charge in [-0.05, 0) is 5.56 Å². The Hall–Kier alpha value is -1.92. The lowest BCUT2D eigenvalue weighted by atomic mass is 9.55. The van der Waals surface area contributed by atoms with E-state index < -0.39 is 5.54 Å². The molecule has 5 aliphatic heterocycles. The number of fused-ring (bicyclic) bond motifs is 1. The van der Waals surface area contributed by atoms with Crippen molar-refractivity contribution in [1.29, 1.82) is 0 Å². The average molecular weight is 312 g/mol. The first-order valence-electron chi connectivity index (χ1n) is 8.28. The molecule has 0 aromatic heterocycles. The maximum absolute atomic E-state index is 13.0. The summed E-state index contributed by atoms with van der Waals surface area (Å²) < 4.78 is 0. The molecule has 0 saturated carbocycles. The van der Waals surface area contributed by atoms with Gasteiger partial charge < -0.3 is 15.1 Å². The molecule has 5 saturated heterocycles. The first-order chi connectivity index (χ1) is 11.1. The number of rotatable bonds is 1. The summed E-state index contributed by atoms with van der Waals surface area (Å²) in [6, 6.07) is 9.91. The number of carbonyl (C=O) groups is 2. The summed E-state index contributed by atoms with van der Waals surface area (Å²) in [4.78, 5) is 29.9. The van der Waals surface area contributed by atoms with Crippen molar-refractivity contribution >= 4 is 11.9 Å². The van der Waals surface area contributed by atoms with Crippen molar-refractivity contribution in [2.75, 3.05) is 39.3 Å². The fraction of sp³-hybridized carbons (Fsp3) is 0.529. The van der Waals surface area contributed by atoms with Gasteiger partial charge in [-0.15, -0.1) is 0 Å². The second-order valence-corrected chi connectivity index (χ2v) is 7.33. The van der Waals surface area contributed by atoms with Gasteiger partial charge >= 0.3 is 6.03 Å². The Morgan fingerprint density at radius 1 is 1.00 bits per heavy atom. The molecule has 5 aliphatic rings. The maximum Gasteiger partial charge on any atom is 0.322 e. The van der Waals surface area contributed by atoms with Crippen molar-refractivity contribution in [3.8, 4) is 0 Å². The summed E-state index contributed by atoms with van der Waals surface area (Å²) in [5.74, 6) is -0.0169. The number of carbonyl (C=O) groups excluding carboxylic acids is 2. The lowest BCUT2D eigenvalue weighted by Gasteiger charge is -2.60. The van der Waals surface area contributed by atoms with Crippen molar-refractivity contribution in [1.82, 2.24) is 20.4 Å². The molecule has 23 heavy (non-hydrogen) atoms. The van der Waals surface area contributed by atoms with Gasteiger partial charge in [-0.3, -0.25) is 10.1 Å². The Kier molecular flexibility index (Phi) is 2.54. The third-order valence-corrected chi connectivity index (χ3v) is 6.27. The van der Waals surface area contributed by atoms with Crippen LogP contribution in [0.5, 0.6) is 0 Å². The van der Waals surface area contributed by atoms with Crippen LogP contribution in [0.2, 0.25) is 0 Å². The van der Waals surface area contributed by atoms with Gasteiger partial charge in [-0.2, -0.15) is 0 Å². The van der Waals surface area contributed by atoms with Gasteiger partial charge in [0.1, 0.15) is 5.54 Å². The summed E-state index contributed by atoms with van der Waals surface area (Å²) in [6.07, 6.45) is 0. The van der Waals surface area contributed by atoms with Crippen LogP contribution in [-0.4, -0.2) is 66.5 Å². The molecule has 1 spiro atoms. The van der Waals surface area contributed by atoms with E-state index in [0.717, 1.165) is 44.8 Å². The number of hydrogen-bond acceptors (Lipinski definition) is 4. The number of amides is 3. The predicted molar refractivity (Wildman–Crippen MR) is 83.9 cm³/mol. The Morgan fingerprint density at radius 3 is 2.22 bits per heavy atom.